The predicted molar refractivity (Wildman–Crippen MR) is 80.6 cm³/mol. The molecule has 1 saturated carbocycles. The smallest absolute Gasteiger partial charge is 0.260 e. The summed E-state index contributed by atoms with van der Waals surface area (Å²) < 4.78 is 0. The van der Waals surface area contributed by atoms with Crippen LogP contribution in [-0.2, 0) is 9.63 Å². The Balaban J connectivity index is 1.69. The molecule has 0 radical (unpaired) electrons. The van der Waals surface area contributed by atoms with Gasteiger partial charge in [-0.25, -0.2) is 0 Å². The highest BCUT2D eigenvalue weighted by molar-refractivity contribution is 7.08. The zero-order valence-electron chi connectivity index (χ0n) is 11.7. The largest absolute Gasteiger partial charge is 0.384 e. The van der Waals surface area contributed by atoms with Gasteiger partial charge in [0.15, 0.2) is 12.4 Å². The molecule has 0 saturated heterocycles. The molecule has 1 aromatic rings. The first kappa shape index (κ1) is 14.8. The van der Waals surface area contributed by atoms with E-state index < -0.39 is 0 Å². The van der Waals surface area contributed by atoms with Crippen molar-refractivity contribution in [1.29, 1.82) is 0 Å². The molecule has 1 fully saturated rings. The minimum absolute atomic E-state index is 0.0864. The van der Waals surface area contributed by atoms with Crippen LogP contribution in [0.3, 0.4) is 0 Å². The van der Waals surface area contributed by atoms with E-state index in [1.807, 2.05) is 16.8 Å². The quantitative estimate of drug-likeness (QED) is 0.496. The molecule has 0 spiro atoms. The van der Waals surface area contributed by atoms with Crippen molar-refractivity contribution in [2.75, 3.05) is 6.61 Å². The van der Waals surface area contributed by atoms with Gasteiger partial charge in [0.1, 0.15) is 0 Å². The summed E-state index contributed by atoms with van der Waals surface area (Å²) in [4.78, 5) is 16.7. The van der Waals surface area contributed by atoms with Gasteiger partial charge in [0.05, 0.1) is 0 Å². The summed E-state index contributed by atoms with van der Waals surface area (Å²) in [5.41, 5.74) is 6.54. The lowest BCUT2D eigenvalue weighted by molar-refractivity contribution is -0.126. The Bertz CT molecular complexity index is 451. The zero-order valence-corrected chi connectivity index (χ0v) is 12.5. The molecule has 0 unspecified atom stereocenters. The molecule has 1 heterocycles. The van der Waals surface area contributed by atoms with Crippen molar-refractivity contribution >= 4 is 23.1 Å². The second kappa shape index (κ2) is 7.28. The van der Waals surface area contributed by atoms with Gasteiger partial charge in [-0.2, -0.15) is 11.3 Å². The van der Waals surface area contributed by atoms with Gasteiger partial charge in [0.25, 0.3) is 5.91 Å². The van der Waals surface area contributed by atoms with Gasteiger partial charge in [0, 0.05) is 17.0 Å². The third-order valence-electron chi connectivity index (χ3n) is 3.56. The van der Waals surface area contributed by atoms with Crippen molar-refractivity contribution in [3.8, 4) is 0 Å². The molecule has 1 aliphatic carbocycles. The molecule has 110 valence electrons. The fraction of sp³-hybridized carbons (Fsp3) is 0.571. The molecule has 1 aliphatic rings. The molecule has 1 amide bonds. The first-order valence-corrected chi connectivity index (χ1v) is 7.87. The van der Waals surface area contributed by atoms with Crippen LogP contribution in [0.4, 0.5) is 0 Å². The third-order valence-corrected chi connectivity index (χ3v) is 4.24. The van der Waals surface area contributed by atoms with Gasteiger partial charge in [-0.15, -0.1) is 0 Å². The van der Waals surface area contributed by atoms with Crippen molar-refractivity contribution in [3.63, 3.8) is 0 Å². The minimum atomic E-state index is -0.133. The molecule has 0 aromatic carbocycles. The molecule has 0 aliphatic heterocycles. The van der Waals surface area contributed by atoms with E-state index in [1.165, 1.54) is 24.2 Å². The molecule has 6 heteroatoms. The second-order valence-corrected chi connectivity index (χ2v) is 6.07. The van der Waals surface area contributed by atoms with Crippen LogP contribution in [0, 0.1) is 5.92 Å². The number of amidine groups is 1. The predicted octanol–water partition coefficient (Wildman–Crippen LogP) is 2.08. The average Bonchev–Trinajstić information content (AvgIpc) is 2.95. The van der Waals surface area contributed by atoms with Gasteiger partial charge in [-0.05, 0) is 43.0 Å². The fourth-order valence-corrected chi connectivity index (χ4v) is 2.95. The SMILES string of the molecule is CC1CCC(NC(=O)CO/N=C(\N)c2ccsc2)CC1. The van der Waals surface area contributed by atoms with E-state index >= 15 is 0 Å². The molecule has 0 atom stereocenters. The number of carbonyl (C=O) groups excluding carboxylic acids is 1. The first-order valence-electron chi connectivity index (χ1n) is 6.92. The second-order valence-electron chi connectivity index (χ2n) is 5.29. The third kappa shape index (κ3) is 4.52. The maximum absolute atomic E-state index is 11.7. The van der Waals surface area contributed by atoms with Crippen molar-refractivity contribution < 1.29 is 9.63 Å². The summed E-state index contributed by atoms with van der Waals surface area (Å²) in [5, 5.41) is 10.5. The van der Waals surface area contributed by atoms with Gasteiger partial charge in [-0.1, -0.05) is 12.1 Å². The lowest BCUT2D eigenvalue weighted by Gasteiger charge is -2.26. The molecule has 0 bridgehead atoms. The van der Waals surface area contributed by atoms with E-state index in [0.29, 0.717) is 5.84 Å². The first-order chi connectivity index (χ1) is 9.65. The van der Waals surface area contributed by atoms with E-state index in [-0.39, 0.29) is 18.6 Å². The van der Waals surface area contributed by atoms with Crippen LogP contribution in [0.1, 0.15) is 38.2 Å². The number of nitrogens with zero attached hydrogens (tertiary/aromatic N) is 1. The van der Waals surface area contributed by atoms with Crippen LogP contribution in [0.2, 0.25) is 0 Å². The van der Waals surface area contributed by atoms with Gasteiger partial charge < -0.3 is 15.9 Å². The highest BCUT2D eigenvalue weighted by Gasteiger charge is 2.19. The summed E-state index contributed by atoms with van der Waals surface area (Å²) in [6.45, 7) is 2.17. The Morgan fingerprint density at radius 2 is 2.25 bits per heavy atom. The van der Waals surface area contributed by atoms with E-state index in [1.54, 1.807) is 0 Å². The zero-order chi connectivity index (χ0) is 14.4. The number of oxime groups is 1. The van der Waals surface area contributed by atoms with Crippen molar-refractivity contribution in [3.05, 3.63) is 22.4 Å². The lowest BCUT2D eigenvalue weighted by atomic mass is 9.87. The number of carbonyl (C=O) groups is 1. The lowest BCUT2D eigenvalue weighted by Crippen LogP contribution is -2.39. The van der Waals surface area contributed by atoms with Gasteiger partial charge in [0.2, 0.25) is 0 Å². The highest BCUT2D eigenvalue weighted by atomic mass is 32.1. The molecular weight excluding hydrogens is 274 g/mol. The number of hydrogen-bond donors (Lipinski definition) is 2. The number of thiophene rings is 1. The Hall–Kier alpha value is -1.56. The topological polar surface area (TPSA) is 76.7 Å². The van der Waals surface area contributed by atoms with Crippen LogP contribution in [0.15, 0.2) is 22.0 Å². The van der Waals surface area contributed by atoms with Crippen LogP contribution < -0.4 is 11.1 Å². The standard InChI is InChI=1S/C14H21N3O2S/c1-10-2-4-12(5-3-10)16-13(18)8-19-17-14(15)11-6-7-20-9-11/h6-7,9-10,12H,2-5,8H2,1H3,(H2,15,17)(H,16,18). The number of rotatable bonds is 5. The Kier molecular flexibility index (Phi) is 5.40. The summed E-state index contributed by atoms with van der Waals surface area (Å²) in [6.07, 6.45) is 4.45. The van der Waals surface area contributed by atoms with Crippen LogP contribution in [-0.4, -0.2) is 24.4 Å². The fourth-order valence-electron chi connectivity index (χ4n) is 2.30. The number of nitrogens with one attached hydrogen (secondary N) is 1. The summed E-state index contributed by atoms with van der Waals surface area (Å²) in [7, 11) is 0. The maximum atomic E-state index is 11.7. The van der Waals surface area contributed by atoms with E-state index in [0.717, 1.165) is 24.3 Å². The molecule has 3 N–H and O–H groups in total. The van der Waals surface area contributed by atoms with Gasteiger partial charge in [-0.3, -0.25) is 4.79 Å². The van der Waals surface area contributed by atoms with E-state index in [2.05, 4.69) is 17.4 Å². The average molecular weight is 295 g/mol. The maximum Gasteiger partial charge on any atom is 0.260 e. The van der Waals surface area contributed by atoms with Crippen molar-refractivity contribution in [1.82, 2.24) is 5.32 Å². The van der Waals surface area contributed by atoms with E-state index in [9.17, 15) is 4.79 Å². The highest BCUT2D eigenvalue weighted by Crippen LogP contribution is 2.23. The molecular formula is C14H21N3O2S. The van der Waals surface area contributed by atoms with Crippen molar-refractivity contribution in [2.45, 2.75) is 38.6 Å². The summed E-state index contributed by atoms with van der Waals surface area (Å²) in [6, 6.07) is 2.14. The summed E-state index contributed by atoms with van der Waals surface area (Å²) in [5.74, 6) is 0.936. The Morgan fingerprint density at radius 1 is 1.50 bits per heavy atom. The summed E-state index contributed by atoms with van der Waals surface area (Å²) >= 11 is 1.54. The molecule has 1 aromatic heterocycles. The van der Waals surface area contributed by atoms with Crippen LogP contribution in [0.5, 0.6) is 0 Å². The van der Waals surface area contributed by atoms with Crippen molar-refractivity contribution in [2.24, 2.45) is 16.8 Å². The number of nitrogens with two attached hydrogens (primary N) is 1. The Morgan fingerprint density at radius 3 is 2.90 bits per heavy atom. The molecule has 20 heavy (non-hydrogen) atoms. The normalized spacial score (nSPS) is 23.4. The number of amides is 1. The molecule has 5 nitrogen and oxygen atoms in total. The van der Waals surface area contributed by atoms with Crippen LogP contribution >= 0.6 is 11.3 Å². The van der Waals surface area contributed by atoms with Crippen LogP contribution in [0.25, 0.3) is 0 Å². The minimum Gasteiger partial charge on any atom is -0.384 e. The van der Waals surface area contributed by atoms with E-state index in [4.69, 9.17) is 10.6 Å². The monoisotopic (exact) mass is 295 g/mol. The molecule has 2 rings (SSSR count). The Labute approximate surface area is 123 Å². The van der Waals surface area contributed by atoms with Gasteiger partial charge >= 0.3 is 0 Å². The number of hydrogen-bond acceptors (Lipinski definition) is 4.